The van der Waals surface area contributed by atoms with Gasteiger partial charge in [0.1, 0.15) is 5.75 Å². The summed E-state index contributed by atoms with van der Waals surface area (Å²) >= 11 is 0. The maximum absolute atomic E-state index is 5.77. The zero-order chi connectivity index (χ0) is 16.2. The summed E-state index contributed by atoms with van der Waals surface area (Å²) in [5.74, 6) is 1.57. The van der Waals surface area contributed by atoms with Crippen LogP contribution in [0.15, 0.2) is 59.1 Å². The Morgan fingerprint density at radius 2 is 1.87 bits per heavy atom. The van der Waals surface area contributed by atoms with Crippen LogP contribution in [0.25, 0.3) is 11.3 Å². The molecule has 0 aliphatic rings. The van der Waals surface area contributed by atoms with E-state index in [9.17, 15) is 0 Å². The number of hydrogen-bond donors (Lipinski definition) is 1. The van der Waals surface area contributed by atoms with Gasteiger partial charge in [-0.1, -0.05) is 30.3 Å². The molecule has 1 N–H and O–H groups in total. The molecule has 0 aliphatic heterocycles. The summed E-state index contributed by atoms with van der Waals surface area (Å²) in [5.41, 5.74) is 3.00. The van der Waals surface area contributed by atoms with E-state index in [1.54, 1.807) is 6.20 Å². The van der Waals surface area contributed by atoms with Gasteiger partial charge in [-0.3, -0.25) is 0 Å². The lowest BCUT2D eigenvalue weighted by molar-refractivity contribution is 0.242. The highest BCUT2D eigenvalue weighted by Crippen LogP contribution is 2.27. The van der Waals surface area contributed by atoms with E-state index in [-0.39, 0.29) is 6.10 Å². The van der Waals surface area contributed by atoms with E-state index in [2.05, 4.69) is 10.3 Å². The van der Waals surface area contributed by atoms with Crippen molar-refractivity contribution in [1.29, 1.82) is 0 Å². The van der Waals surface area contributed by atoms with E-state index in [0.717, 1.165) is 28.3 Å². The molecule has 3 rings (SSSR count). The number of aryl methyl sites for hydroxylation is 1. The Morgan fingerprint density at radius 3 is 2.61 bits per heavy atom. The fourth-order valence-electron chi connectivity index (χ4n) is 2.35. The predicted octanol–water partition coefficient (Wildman–Crippen LogP) is 5.18. The van der Waals surface area contributed by atoms with Crippen molar-refractivity contribution >= 4 is 11.7 Å². The number of nitrogens with zero attached hydrogens (tertiary/aromatic N) is 1. The first-order chi connectivity index (χ1) is 11.1. The number of aromatic nitrogens is 1. The molecule has 118 valence electrons. The molecular formula is C19H20N2O2. The Labute approximate surface area is 136 Å². The summed E-state index contributed by atoms with van der Waals surface area (Å²) in [4.78, 5) is 4.29. The van der Waals surface area contributed by atoms with Crippen LogP contribution in [0.2, 0.25) is 0 Å². The minimum absolute atomic E-state index is 0.135. The Hall–Kier alpha value is -2.75. The lowest BCUT2D eigenvalue weighted by Crippen LogP contribution is -2.06. The van der Waals surface area contributed by atoms with Gasteiger partial charge in [0.15, 0.2) is 5.76 Å². The molecule has 0 spiro atoms. The maximum atomic E-state index is 5.77. The van der Waals surface area contributed by atoms with Crippen LogP contribution < -0.4 is 10.1 Å². The van der Waals surface area contributed by atoms with Crippen molar-refractivity contribution in [1.82, 2.24) is 4.98 Å². The van der Waals surface area contributed by atoms with Crippen molar-refractivity contribution in [3.8, 4) is 17.1 Å². The zero-order valence-electron chi connectivity index (χ0n) is 13.5. The minimum Gasteiger partial charge on any atom is -0.491 e. The van der Waals surface area contributed by atoms with E-state index in [0.29, 0.717) is 6.01 Å². The third kappa shape index (κ3) is 3.92. The highest BCUT2D eigenvalue weighted by Gasteiger charge is 2.08. The van der Waals surface area contributed by atoms with Crippen LogP contribution in [0, 0.1) is 6.92 Å². The molecular weight excluding hydrogens is 288 g/mol. The summed E-state index contributed by atoms with van der Waals surface area (Å²) in [6.45, 7) is 6.05. The van der Waals surface area contributed by atoms with Gasteiger partial charge in [-0.25, -0.2) is 4.98 Å². The van der Waals surface area contributed by atoms with Crippen molar-refractivity contribution in [3.05, 3.63) is 60.3 Å². The number of nitrogens with one attached hydrogen (secondary N) is 1. The van der Waals surface area contributed by atoms with E-state index in [4.69, 9.17) is 9.15 Å². The zero-order valence-corrected chi connectivity index (χ0v) is 13.5. The van der Waals surface area contributed by atoms with Crippen molar-refractivity contribution in [3.63, 3.8) is 0 Å². The number of benzene rings is 2. The van der Waals surface area contributed by atoms with Crippen molar-refractivity contribution in [2.24, 2.45) is 0 Å². The molecule has 0 atom stereocenters. The molecule has 0 aliphatic carbocycles. The van der Waals surface area contributed by atoms with Crippen LogP contribution in [0.5, 0.6) is 5.75 Å². The summed E-state index contributed by atoms with van der Waals surface area (Å²) in [5, 5.41) is 3.19. The van der Waals surface area contributed by atoms with Crippen LogP contribution in [-0.4, -0.2) is 11.1 Å². The van der Waals surface area contributed by atoms with Gasteiger partial charge in [-0.15, -0.1) is 0 Å². The standard InChI is InChI=1S/C19H20N2O2/c1-13(2)22-17-10-14(3)9-16(11-17)21-19-20-12-18(23-19)15-7-5-4-6-8-15/h4-13H,1-3H3,(H,20,21). The minimum atomic E-state index is 0.135. The van der Waals surface area contributed by atoms with Crippen LogP contribution in [-0.2, 0) is 0 Å². The molecule has 0 fully saturated rings. The van der Waals surface area contributed by atoms with Gasteiger partial charge in [-0.05, 0) is 38.5 Å². The summed E-state index contributed by atoms with van der Waals surface area (Å²) in [6.07, 6.45) is 1.86. The maximum Gasteiger partial charge on any atom is 0.299 e. The number of ether oxygens (including phenoxy) is 1. The van der Waals surface area contributed by atoms with Crippen LogP contribution in [0.1, 0.15) is 19.4 Å². The smallest absolute Gasteiger partial charge is 0.299 e. The van der Waals surface area contributed by atoms with Crippen molar-refractivity contribution < 1.29 is 9.15 Å². The Balaban J connectivity index is 1.80. The normalized spacial score (nSPS) is 10.8. The first-order valence-electron chi connectivity index (χ1n) is 7.67. The van der Waals surface area contributed by atoms with Crippen molar-refractivity contribution in [2.45, 2.75) is 26.9 Å². The number of oxazole rings is 1. The van der Waals surface area contributed by atoms with Gasteiger partial charge in [0.25, 0.3) is 6.01 Å². The first kappa shape index (κ1) is 15.2. The van der Waals surface area contributed by atoms with Gasteiger partial charge in [0.05, 0.1) is 12.3 Å². The molecule has 4 nitrogen and oxygen atoms in total. The third-order valence-corrected chi connectivity index (χ3v) is 3.24. The fraction of sp³-hybridized carbons (Fsp3) is 0.211. The molecule has 0 unspecified atom stereocenters. The van der Waals surface area contributed by atoms with E-state index in [1.165, 1.54) is 0 Å². The number of rotatable bonds is 5. The second kappa shape index (κ2) is 6.57. The monoisotopic (exact) mass is 308 g/mol. The topological polar surface area (TPSA) is 47.3 Å². The Morgan fingerprint density at radius 1 is 1.09 bits per heavy atom. The highest BCUT2D eigenvalue weighted by molar-refractivity contribution is 5.61. The highest BCUT2D eigenvalue weighted by atomic mass is 16.5. The van der Waals surface area contributed by atoms with E-state index in [1.807, 2.05) is 69.3 Å². The lowest BCUT2D eigenvalue weighted by atomic mass is 10.2. The van der Waals surface area contributed by atoms with Gasteiger partial charge in [0, 0.05) is 17.3 Å². The SMILES string of the molecule is Cc1cc(Nc2ncc(-c3ccccc3)o2)cc(OC(C)C)c1. The lowest BCUT2D eigenvalue weighted by Gasteiger charge is -2.12. The van der Waals surface area contributed by atoms with Crippen LogP contribution in [0.4, 0.5) is 11.7 Å². The third-order valence-electron chi connectivity index (χ3n) is 3.24. The number of anilines is 2. The molecule has 0 bridgehead atoms. The predicted molar refractivity (Wildman–Crippen MR) is 92.2 cm³/mol. The molecule has 4 heteroatoms. The molecule has 0 saturated heterocycles. The molecule has 23 heavy (non-hydrogen) atoms. The molecule has 2 aromatic carbocycles. The molecule has 3 aromatic rings. The van der Waals surface area contributed by atoms with Gasteiger partial charge in [-0.2, -0.15) is 0 Å². The quantitative estimate of drug-likeness (QED) is 0.705. The van der Waals surface area contributed by atoms with Gasteiger partial charge in [0.2, 0.25) is 0 Å². The largest absolute Gasteiger partial charge is 0.491 e. The second-order valence-electron chi connectivity index (χ2n) is 5.72. The van der Waals surface area contributed by atoms with Gasteiger partial charge < -0.3 is 14.5 Å². The Kier molecular flexibility index (Phi) is 4.33. The molecule has 0 saturated carbocycles. The second-order valence-corrected chi connectivity index (χ2v) is 5.72. The van der Waals surface area contributed by atoms with E-state index < -0.39 is 0 Å². The fourth-order valence-corrected chi connectivity index (χ4v) is 2.35. The summed E-state index contributed by atoms with van der Waals surface area (Å²) in [6, 6.07) is 16.3. The summed E-state index contributed by atoms with van der Waals surface area (Å²) in [7, 11) is 0. The van der Waals surface area contributed by atoms with E-state index >= 15 is 0 Å². The van der Waals surface area contributed by atoms with Crippen LogP contribution >= 0.6 is 0 Å². The Bertz CT molecular complexity index is 779. The molecule has 0 amide bonds. The average Bonchev–Trinajstić information content (AvgIpc) is 2.95. The first-order valence-corrected chi connectivity index (χ1v) is 7.67. The average molecular weight is 308 g/mol. The molecule has 1 heterocycles. The number of hydrogen-bond acceptors (Lipinski definition) is 4. The van der Waals surface area contributed by atoms with Gasteiger partial charge >= 0.3 is 0 Å². The summed E-state index contributed by atoms with van der Waals surface area (Å²) < 4.78 is 11.5. The molecule has 1 aromatic heterocycles. The van der Waals surface area contributed by atoms with Crippen molar-refractivity contribution in [2.75, 3.05) is 5.32 Å². The van der Waals surface area contributed by atoms with Crippen LogP contribution in [0.3, 0.4) is 0 Å². The molecule has 0 radical (unpaired) electrons.